The molecule has 0 bridgehead atoms. The van der Waals surface area contributed by atoms with Crippen LogP contribution in [0.5, 0.6) is 5.75 Å². The number of carbonyl (C=O) groups is 2. The molecule has 1 unspecified atom stereocenters. The second-order valence-corrected chi connectivity index (χ2v) is 8.50. The van der Waals surface area contributed by atoms with Crippen LogP contribution in [0.1, 0.15) is 33.9 Å². The van der Waals surface area contributed by atoms with Gasteiger partial charge in [-0.15, -0.1) is 0 Å². The molecule has 2 N–H and O–H groups in total. The third kappa shape index (κ3) is 3.76. The van der Waals surface area contributed by atoms with E-state index in [4.69, 9.17) is 11.6 Å². The quantitative estimate of drug-likeness (QED) is 0.311. The van der Waals surface area contributed by atoms with Crippen LogP contribution >= 0.6 is 11.6 Å². The molecule has 4 rings (SSSR count). The van der Waals surface area contributed by atoms with Gasteiger partial charge in [-0.3, -0.25) is 14.5 Å². The van der Waals surface area contributed by atoms with Gasteiger partial charge in [0.05, 0.1) is 16.6 Å². The zero-order chi connectivity index (χ0) is 23.2. The molecule has 1 saturated heterocycles. The number of phenols is 1. The van der Waals surface area contributed by atoms with E-state index in [0.717, 1.165) is 16.7 Å². The first kappa shape index (κ1) is 21.7. The maximum absolute atomic E-state index is 13.2. The number of anilines is 1. The molecule has 3 aromatic carbocycles. The fourth-order valence-corrected chi connectivity index (χ4v) is 4.25. The molecule has 0 spiro atoms. The Kier molecular flexibility index (Phi) is 5.53. The van der Waals surface area contributed by atoms with E-state index in [9.17, 15) is 19.8 Å². The Labute approximate surface area is 191 Å². The van der Waals surface area contributed by atoms with Gasteiger partial charge in [-0.05, 0) is 61.7 Å². The molecule has 32 heavy (non-hydrogen) atoms. The summed E-state index contributed by atoms with van der Waals surface area (Å²) >= 11 is 6.15. The molecule has 1 heterocycles. The van der Waals surface area contributed by atoms with E-state index in [0.29, 0.717) is 16.8 Å². The number of phenolic OH excluding ortho intramolecular Hbond substituents is 1. The Morgan fingerprint density at radius 1 is 0.875 bits per heavy atom. The van der Waals surface area contributed by atoms with Crippen molar-refractivity contribution in [2.24, 2.45) is 0 Å². The van der Waals surface area contributed by atoms with Gasteiger partial charge in [0.25, 0.3) is 11.7 Å². The Morgan fingerprint density at radius 3 is 2.09 bits per heavy atom. The number of hydrogen-bond acceptors (Lipinski definition) is 4. The van der Waals surface area contributed by atoms with Crippen LogP contribution < -0.4 is 4.90 Å². The number of aliphatic hydroxyl groups excluding tert-OH is 1. The van der Waals surface area contributed by atoms with E-state index in [1.807, 2.05) is 51.1 Å². The molecule has 3 aromatic rings. The summed E-state index contributed by atoms with van der Waals surface area (Å²) in [6.07, 6.45) is 0. The molecule has 1 aliphatic rings. The third-order valence-corrected chi connectivity index (χ3v) is 5.84. The number of halogens is 1. The first-order valence-corrected chi connectivity index (χ1v) is 10.5. The molecule has 6 heteroatoms. The lowest BCUT2D eigenvalue weighted by Gasteiger charge is -2.26. The zero-order valence-corrected chi connectivity index (χ0v) is 18.6. The highest BCUT2D eigenvalue weighted by Crippen LogP contribution is 2.43. The summed E-state index contributed by atoms with van der Waals surface area (Å²) in [6, 6.07) is 16.3. The fourth-order valence-electron chi connectivity index (χ4n) is 4.06. The van der Waals surface area contributed by atoms with Crippen molar-refractivity contribution in [3.05, 3.63) is 99.1 Å². The molecule has 5 nitrogen and oxygen atoms in total. The number of amides is 1. The van der Waals surface area contributed by atoms with Crippen LogP contribution in [0.15, 0.2) is 66.2 Å². The van der Waals surface area contributed by atoms with Crippen molar-refractivity contribution < 1.29 is 19.8 Å². The number of aromatic hydroxyl groups is 1. The van der Waals surface area contributed by atoms with E-state index in [1.165, 1.54) is 17.0 Å². The van der Waals surface area contributed by atoms with Gasteiger partial charge >= 0.3 is 0 Å². The summed E-state index contributed by atoms with van der Waals surface area (Å²) in [5.41, 5.74) is 4.31. The molecule has 1 atom stereocenters. The highest BCUT2D eigenvalue weighted by molar-refractivity contribution is 6.51. The maximum Gasteiger partial charge on any atom is 0.300 e. The lowest BCUT2D eigenvalue weighted by Crippen LogP contribution is -2.29. The van der Waals surface area contributed by atoms with Gasteiger partial charge in [0.15, 0.2) is 0 Å². The van der Waals surface area contributed by atoms with Gasteiger partial charge in [-0.25, -0.2) is 0 Å². The highest BCUT2D eigenvalue weighted by atomic mass is 35.5. The van der Waals surface area contributed by atoms with Gasteiger partial charge in [-0.2, -0.15) is 0 Å². The smallest absolute Gasteiger partial charge is 0.300 e. The average molecular weight is 448 g/mol. The van der Waals surface area contributed by atoms with Gasteiger partial charge in [0.1, 0.15) is 11.5 Å². The molecular weight excluding hydrogens is 426 g/mol. The van der Waals surface area contributed by atoms with Crippen LogP contribution in [0.4, 0.5) is 5.69 Å². The number of aliphatic hydroxyl groups is 1. The fraction of sp³-hybridized carbons (Fsp3) is 0.154. The lowest BCUT2D eigenvalue weighted by atomic mass is 9.94. The maximum atomic E-state index is 13.2. The van der Waals surface area contributed by atoms with Crippen molar-refractivity contribution >= 4 is 34.7 Å². The number of benzene rings is 3. The topological polar surface area (TPSA) is 77.8 Å². The number of Topliss-reactive ketones (excluding diaryl/α,β-unsaturated/α-hetero) is 1. The van der Waals surface area contributed by atoms with Crippen LogP contribution in [0.3, 0.4) is 0 Å². The Balaban J connectivity index is 1.98. The first-order valence-electron chi connectivity index (χ1n) is 10.1. The summed E-state index contributed by atoms with van der Waals surface area (Å²) in [6.45, 7) is 5.74. The van der Waals surface area contributed by atoms with E-state index in [2.05, 4.69) is 0 Å². The van der Waals surface area contributed by atoms with Crippen LogP contribution in [0, 0.1) is 20.8 Å². The van der Waals surface area contributed by atoms with Gasteiger partial charge in [-0.1, -0.05) is 53.6 Å². The Hall–Kier alpha value is -3.57. The molecular formula is C26H22ClNO4. The van der Waals surface area contributed by atoms with E-state index in [-0.39, 0.29) is 22.1 Å². The van der Waals surface area contributed by atoms with Crippen molar-refractivity contribution in [2.45, 2.75) is 26.8 Å². The van der Waals surface area contributed by atoms with E-state index >= 15 is 0 Å². The predicted octanol–water partition coefficient (Wildman–Crippen LogP) is 5.60. The van der Waals surface area contributed by atoms with Crippen LogP contribution in [0.2, 0.25) is 5.02 Å². The minimum Gasteiger partial charge on any atom is -0.507 e. The largest absolute Gasteiger partial charge is 0.507 e. The van der Waals surface area contributed by atoms with Crippen LogP contribution in [-0.2, 0) is 9.59 Å². The summed E-state index contributed by atoms with van der Waals surface area (Å²) in [7, 11) is 0. The number of nitrogens with zero attached hydrogens (tertiary/aromatic N) is 1. The molecule has 0 aromatic heterocycles. The molecule has 0 saturated carbocycles. The Bertz CT molecular complexity index is 1260. The molecule has 1 fully saturated rings. The number of aryl methyl sites for hydroxylation is 3. The molecule has 1 amide bonds. The minimum absolute atomic E-state index is 0.0280. The van der Waals surface area contributed by atoms with Crippen molar-refractivity contribution in [3.8, 4) is 5.75 Å². The lowest BCUT2D eigenvalue weighted by molar-refractivity contribution is -0.132. The normalized spacial score (nSPS) is 17.8. The number of hydrogen-bond donors (Lipinski definition) is 2. The standard InChI is InChI=1S/C26H22ClNO4/c1-14-4-6-17(7-5-14)24(30)22-23(18-8-9-21(29)20(27)13-18)28(26(32)25(22)31)19-11-15(2)10-16(3)12-19/h4-13,23,29-30H,1-3H3/b24-22-. The molecule has 162 valence electrons. The third-order valence-electron chi connectivity index (χ3n) is 5.54. The first-order chi connectivity index (χ1) is 15.2. The van der Waals surface area contributed by atoms with Crippen molar-refractivity contribution in [1.82, 2.24) is 0 Å². The second kappa shape index (κ2) is 8.17. The van der Waals surface area contributed by atoms with Gasteiger partial charge in [0, 0.05) is 11.3 Å². The SMILES string of the molecule is Cc1ccc(/C(O)=C2/C(=O)C(=O)N(c3cc(C)cc(C)c3)C2c2ccc(O)c(Cl)c2)cc1. The van der Waals surface area contributed by atoms with Crippen LogP contribution in [-0.4, -0.2) is 21.9 Å². The molecule has 0 radical (unpaired) electrons. The molecule has 1 aliphatic heterocycles. The second-order valence-electron chi connectivity index (χ2n) is 8.09. The van der Waals surface area contributed by atoms with E-state index < -0.39 is 17.7 Å². The zero-order valence-electron chi connectivity index (χ0n) is 17.9. The summed E-state index contributed by atoms with van der Waals surface area (Å²) < 4.78 is 0. The number of rotatable bonds is 3. The predicted molar refractivity (Wildman–Crippen MR) is 125 cm³/mol. The monoisotopic (exact) mass is 447 g/mol. The van der Waals surface area contributed by atoms with Crippen molar-refractivity contribution in [1.29, 1.82) is 0 Å². The molecule has 0 aliphatic carbocycles. The summed E-state index contributed by atoms with van der Waals surface area (Å²) in [5.74, 6) is -1.89. The van der Waals surface area contributed by atoms with Gasteiger partial charge < -0.3 is 10.2 Å². The van der Waals surface area contributed by atoms with Crippen molar-refractivity contribution in [3.63, 3.8) is 0 Å². The van der Waals surface area contributed by atoms with Gasteiger partial charge in [0.2, 0.25) is 0 Å². The average Bonchev–Trinajstić information content (AvgIpc) is 3.00. The van der Waals surface area contributed by atoms with Crippen molar-refractivity contribution in [2.75, 3.05) is 4.90 Å². The minimum atomic E-state index is -0.907. The number of carbonyl (C=O) groups excluding carboxylic acids is 2. The summed E-state index contributed by atoms with van der Waals surface area (Å²) in [4.78, 5) is 27.8. The number of ketones is 1. The highest BCUT2D eigenvalue weighted by Gasteiger charge is 2.47. The Morgan fingerprint density at radius 2 is 1.50 bits per heavy atom. The van der Waals surface area contributed by atoms with Crippen LogP contribution in [0.25, 0.3) is 5.76 Å². The van der Waals surface area contributed by atoms with E-state index in [1.54, 1.807) is 18.2 Å². The summed E-state index contributed by atoms with van der Waals surface area (Å²) in [5, 5.41) is 21.1.